The number of nitrogens with two attached hydrogens (primary N) is 1. The Morgan fingerprint density at radius 2 is 0.706 bits per heavy atom. The molecule has 34 heavy (non-hydrogen) atoms. The maximum absolute atomic E-state index is 10.4. The third kappa shape index (κ3) is 31.4. The molecule has 0 atom stereocenters. The number of nitrogens with one attached hydrogen (secondary N) is 1. The molecule has 0 rings (SSSR count). The number of hydrogen-bond donors (Lipinski definition) is 3. The van der Waals surface area contributed by atoms with Crippen LogP contribution in [0.25, 0.3) is 0 Å². The SMILES string of the molecule is NCCNCCCCCCCCCCCCCCCCCCCCCCCCCCCC(=O)O. The molecule has 204 valence electrons. The Bertz CT molecular complexity index is 390. The van der Waals surface area contributed by atoms with Crippen molar-refractivity contribution in [2.75, 3.05) is 19.6 Å². The lowest BCUT2D eigenvalue weighted by Gasteiger charge is -2.05. The smallest absolute Gasteiger partial charge is 0.303 e. The van der Waals surface area contributed by atoms with Gasteiger partial charge in [0, 0.05) is 19.5 Å². The van der Waals surface area contributed by atoms with E-state index in [1.165, 1.54) is 148 Å². The molecule has 4 nitrogen and oxygen atoms in total. The molecule has 0 saturated carbocycles. The fourth-order valence-corrected chi connectivity index (χ4v) is 4.82. The minimum absolute atomic E-state index is 0.343. The second kappa shape index (κ2) is 30.4. The maximum Gasteiger partial charge on any atom is 0.303 e. The number of rotatable bonds is 30. The summed E-state index contributed by atoms with van der Waals surface area (Å²) in [5.41, 5.74) is 5.47. The minimum atomic E-state index is -0.651. The van der Waals surface area contributed by atoms with Crippen LogP contribution in [0, 0.1) is 0 Å². The molecule has 0 aromatic heterocycles. The van der Waals surface area contributed by atoms with Crippen LogP contribution in [-0.4, -0.2) is 30.7 Å². The Morgan fingerprint density at radius 1 is 0.441 bits per heavy atom. The molecule has 0 unspecified atom stereocenters. The van der Waals surface area contributed by atoms with E-state index in [4.69, 9.17) is 10.8 Å². The van der Waals surface area contributed by atoms with Crippen LogP contribution in [0.15, 0.2) is 0 Å². The van der Waals surface area contributed by atoms with Gasteiger partial charge >= 0.3 is 5.97 Å². The van der Waals surface area contributed by atoms with Crippen LogP contribution in [0.3, 0.4) is 0 Å². The molecule has 0 spiro atoms. The summed E-state index contributed by atoms with van der Waals surface area (Å²) in [5.74, 6) is -0.651. The molecule has 4 heteroatoms. The fourth-order valence-electron chi connectivity index (χ4n) is 4.82. The number of carbonyl (C=O) groups is 1. The van der Waals surface area contributed by atoms with E-state index >= 15 is 0 Å². The van der Waals surface area contributed by atoms with E-state index in [0.29, 0.717) is 6.42 Å². The number of aliphatic carboxylic acids is 1. The van der Waals surface area contributed by atoms with Gasteiger partial charge in [-0.05, 0) is 19.4 Å². The molecule has 0 amide bonds. The van der Waals surface area contributed by atoms with Crippen LogP contribution in [0.2, 0.25) is 0 Å². The summed E-state index contributed by atoms with van der Waals surface area (Å²) in [6, 6.07) is 0. The van der Waals surface area contributed by atoms with Crippen LogP contribution < -0.4 is 11.1 Å². The van der Waals surface area contributed by atoms with E-state index in [-0.39, 0.29) is 0 Å². The fraction of sp³-hybridized carbons (Fsp3) is 0.967. The summed E-state index contributed by atoms with van der Waals surface area (Å²) >= 11 is 0. The van der Waals surface area contributed by atoms with E-state index < -0.39 is 5.97 Å². The Balaban J connectivity index is 3.01. The quantitative estimate of drug-likeness (QED) is 0.0894. The molecule has 0 aliphatic heterocycles. The average Bonchev–Trinajstić information content (AvgIpc) is 2.83. The molecule has 0 fully saturated rings. The molecule has 0 heterocycles. The van der Waals surface area contributed by atoms with Gasteiger partial charge in [-0.2, -0.15) is 0 Å². The van der Waals surface area contributed by atoms with Crippen molar-refractivity contribution in [1.29, 1.82) is 0 Å². The first kappa shape index (κ1) is 33.4. The minimum Gasteiger partial charge on any atom is -0.481 e. The van der Waals surface area contributed by atoms with Gasteiger partial charge in [0.1, 0.15) is 0 Å². The summed E-state index contributed by atoms with van der Waals surface area (Å²) in [6.07, 6.45) is 34.6. The summed E-state index contributed by atoms with van der Waals surface area (Å²) in [4.78, 5) is 10.4. The predicted octanol–water partition coefficient (Wildman–Crippen LogP) is 8.76. The van der Waals surface area contributed by atoms with Gasteiger partial charge in [-0.15, -0.1) is 0 Å². The molecule has 0 aromatic rings. The van der Waals surface area contributed by atoms with Gasteiger partial charge < -0.3 is 16.2 Å². The van der Waals surface area contributed by atoms with Gasteiger partial charge in [0.2, 0.25) is 0 Å². The number of carboxylic acids is 1. The van der Waals surface area contributed by atoms with E-state index in [9.17, 15) is 4.79 Å². The van der Waals surface area contributed by atoms with Crippen molar-refractivity contribution in [2.45, 2.75) is 167 Å². The predicted molar refractivity (Wildman–Crippen MR) is 150 cm³/mol. The van der Waals surface area contributed by atoms with Crippen molar-refractivity contribution < 1.29 is 9.90 Å². The van der Waals surface area contributed by atoms with E-state index in [1.54, 1.807) is 0 Å². The summed E-state index contributed by atoms with van der Waals surface area (Å²) < 4.78 is 0. The Hall–Kier alpha value is -0.610. The first-order valence-corrected chi connectivity index (χ1v) is 15.4. The zero-order valence-corrected chi connectivity index (χ0v) is 22.9. The highest BCUT2D eigenvalue weighted by molar-refractivity contribution is 5.66. The monoisotopic (exact) mass is 482 g/mol. The number of unbranched alkanes of at least 4 members (excludes halogenated alkanes) is 24. The van der Waals surface area contributed by atoms with Crippen molar-refractivity contribution >= 4 is 5.97 Å². The van der Waals surface area contributed by atoms with Gasteiger partial charge in [0.05, 0.1) is 0 Å². The summed E-state index contributed by atoms with van der Waals surface area (Å²) in [6.45, 7) is 2.85. The molecule has 4 N–H and O–H groups in total. The first-order valence-electron chi connectivity index (χ1n) is 15.4. The summed E-state index contributed by atoms with van der Waals surface area (Å²) in [5, 5.41) is 12.0. The van der Waals surface area contributed by atoms with E-state index in [1.807, 2.05) is 0 Å². The average molecular weight is 483 g/mol. The lowest BCUT2D eigenvalue weighted by atomic mass is 10.0. The standard InChI is InChI=1S/C30H62N2O2/c31-27-29-32-28-25-23-21-19-17-15-13-11-9-7-5-3-1-2-4-6-8-10-12-14-16-18-20-22-24-26-30(33)34/h32H,1-29,31H2,(H,33,34). The van der Waals surface area contributed by atoms with Crippen molar-refractivity contribution in [3.63, 3.8) is 0 Å². The molecule has 0 aliphatic carbocycles. The van der Waals surface area contributed by atoms with Crippen LogP contribution in [-0.2, 0) is 4.79 Å². The van der Waals surface area contributed by atoms with Crippen molar-refractivity contribution in [3.8, 4) is 0 Å². The molecule has 0 saturated heterocycles. The molecule has 0 bridgehead atoms. The molecular formula is C30H62N2O2. The maximum atomic E-state index is 10.4. The van der Waals surface area contributed by atoms with Crippen molar-refractivity contribution in [2.24, 2.45) is 5.73 Å². The van der Waals surface area contributed by atoms with Gasteiger partial charge in [-0.25, -0.2) is 0 Å². The second-order valence-corrected chi connectivity index (χ2v) is 10.5. The van der Waals surface area contributed by atoms with E-state index in [2.05, 4.69) is 5.32 Å². The molecule has 0 radical (unpaired) electrons. The number of carboxylic acid groups (broad SMARTS) is 1. The number of hydrogen-bond acceptors (Lipinski definition) is 3. The lowest BCUT2D eigenvalue weighted by Crippen LogP contribution is -2.23. The highest BCUT2D eigenvalue weighted by Crippen LogP contribution is 2.15. The van der Waals surface area contributed by atoms with Crippen molar-refractivity contribution in [3.05, 3.63) is 0 Å². The third-order valence-electron chi connectivity index (χ3n) is 7.07. The van der Waals surface area contributed by atoms with Gasteiger partial charge in [-0.1, -0.05) is 148 Å². The van der Waals surface area contributed by atoms with Crippen LogP contribution in [0.5, 0.6) is 0 Å². The Labute approximate surface area is 213 Å². The zero-order valence-electron chi connectivity index (χ0n) is 22.9. The Morgan fingerprint density at radius 3 is 0.971 bits per heavy atom. The van der Waals surface area contributed by atoms with Gasteiger partial charge in [-0.3, -0.25) is 4.79 Å². The van der Waals surface area contributed by atoms with Crippen LogP contribution in [0.4, 0.5) is 0 Å². The zero-order chi connectivity index (χ0) is 24.8. The van der Waals surface area contributed by atoms with Crippen LogP contribution in [0.1, 0.15) is 167 Å². The summed E-state index contributed by atoms with van der Waals surface area (Å²) in [7, 11) is 0. The van der Waals surface area contributed by atoms with Gasteiger partial charge in [0.15, 0.2) is 0 Å². The van der Waals surface area contributed by atoms with Crippen LogP contribution >= 0.6 is 0 Å². The third-order valence-corrected chi connectivity index (χ3v) is 7.07. The Kier molecular flexibility index (Phi) is 29.9. The van der Waals surface area contributed by atoms with Gasteiger partial charge in [0.25, 0.3) is 0 Å². The lowest BCUT2D eigenvalue weighted by molar-refractivity contribution is -0.137. The van der Waals surface area contributed by atoms with E-state index in [0.717, 1.165) is 32.5 Å². The largest absolute Gasteiger partial charge is 0.481 e. The molecular weight excluding hydrogens is 420 g/mol. The highest BCUT2D eigenvalue weighted by atomic mass is 16.4. The van der Waals surface area contributed by atoms with Crippen molar-refractivity contribution in [1.82, 2.24) is 5.32 Å². The normalized spacial score (nSPS) is 11.3. The highest BCUT2D eigenvalue weighted by Gasteiger charge is 1.98. The molecule has 0 aliphatic rings. The first-order chi connectivity index (χ1) is 16.8. The second-order valence-electron chi connectivity index (χ2n) is 10.5. The topological polar surface area (TPSA) is 75.3 Å². The molecule has 0 aromatic carbocycles.